The number of benzene rings is 1. The lowest BCUT2D eigenvalue weighted by Gasteiger charge is -2.38. The molecule has 0 bridgehead atoms. The smallest absolute Gasteiger partial charge is 0.270 e. The Morgan fingerprint density at radius 2 is 1.93 bits per heavy atom. The van der Waals surface area contributed by atoms with E-state index >= 15 is 0 Å². The second-order valence-corrected chi connectivity index (χ2v) is 6.77. The maximum atomic E-state index is 13.7. The van der Waals surface area contributed by atoms with Gasteiger partial charge in [-0.2, -0.15) is 0 Å². The molecule has 4 rings (SSSR count). The van der Waals surface area contributed by atoms with Gasteiger partial charge in [-0.05, 0) is 18.2 Å². The van der Waals surface area contributed by atoms with Gasteiger partial charge in [0.2, 0.25) is 0 Å². The Morgan fingerprint density at radius 3 is 2.67 bits per heavy atom. The summed E-state index contributed by atoms with van der Waals surface area (Å²) in [5, 5.41) is 2.73. The maximum absolute atomic E-state index is 13.7. The van der Waals surface area contributed by atoms with Crippen molar-refractivity contribution in [1.29, 1.82) is 0 Å². The highest BCUT2D eigenvalue weighted by Crippen LogP contribution is 2.33. The lowest BCUT2D eigenvalue weighted by Crippen LogP contribution is -2.45. The van der Waals surface area contributed by atoms with Crippen LogP contribution in [0.3, 0.4) is 0 Å². The molecule has 2 aromatic rings. The Hall–Kier alpha value is -2.51. The number of rotatable bonds is 4. The van der Waals surface area contributed by atoms with Crippen LogP contribution in [0.1, 0.15) is 28.9 Å². The fourth-order valence-corrected chi connectivity index (χ4v) is 3.54. The summed E-state index contributed by atoms with van der Waals surface area (Å²) in [7, 11) is 0. The van der Waals surface area contributed by atoms with Gasteiger partial charge in [0, 0.05) is 49.9 Å². The van der Waals surface area contributed by atoms with Crippen LogP contribution in [0, 0.1) is 5.82 Å². The van der Waals surface area contributed by atoms with Crippen molar-refractivity contribution < 1.29 is 18.7 Å². The average Bonchev–Trinajstić information content (AvgIpc) is 3.16. The van der Waals surface area contributed by atoms with E-state index in [0.29, 0.717) is 24.5 Å². The number of halogens is 1. The minimum Gasteiger partial charge on any atom is -0.371 e. The highest BCUT2D eigenvalue weighted by Gasteiger charge is 2.39. The Morgan fingerprint density at radius 1 is 1.19 bits per heavy atom. The molecule has 1 amide bonds. The Kier molecular flexibility index (Phi) is 5.05. The topological polar surface area (TPSA) is 63.7 Å². The van der Waals surface area contributed by atoms with E-state index in [2.05, 4.69) is 15.2 Å². The lowest BCUT2D eigenvalue weighted by molar-refractivity contribution is -0.169. The molecule has 1 aromatic carbocycles. The van der Waals surface area contributed by atoms with E-state index in [0.717, 1.165) is 31.6 Å². The molecule has 3 heterocycles. The first-order chi connectivity index (χ1) is 13.2. The van der Waals surface area contributed by atoms with E-state index in [4.69, 9.17) is 9.47 Å². The number of hydrogen-bond acceptors (Lipinski definition) is 5. The molecule has 1 N–H and O–H groups in total. The Bertz CT molecular complexity index is 814. The monoisotopic (exact) mass is 371 g/mol. The van der Waals surface area contributed by atoms with Gasteiger partial charge in [0.05, 0.1) is 13.2 Å². The second-order valence-electron chi connectivity index (χ2n) is 6.77. The summed E-state index contributed by atoms with van der Waals surface area (Å²) in [6.07, 6.45) is 3.22. The third-order valence-corrected chi connectivity index (χ3v) is 5.08. The molecule has 0 aliphatic carbocycles. The number of nitrogens with zero attached hydrogens (tertiary/aromatic N) is 2. The van der Waals surface area contributed by atoms with E-state index < -0.39 is 5.79 Å². The number of aromatic nitrogens is 1. The summed E-state index contributed by atoms with van der Waals surface area (Å²) < 4.78 is 25.2. The van der Waals surface area contributed by atoms with Gasteiger partial charge in [-0.3, -0.25) is 9.78 Å². The average molecular weight is 371 g/mol. The summed E-state index contributed by atoms with van der Waals surface area (Å²) in [4.78, 5) is 18.8. The molecular formula is C20H22FN3O3. The number of carbonyl (C=O) groups is 1. The minimum absolute atomic E-state index is 0.123. The first kappa shape index (κ1) is 17.9. The van der Waals surface area contributed by atoms with Crippen LogP contribution >= 0.6 is 0 Å². The van der Waals surface area contributed by atoms with Gasteiger partial charge in [0.25, 0.3) is 5.91 Å². The van der Waals surface area contributed by atoms with Gasteiger partial charge in [-0.15, -0.1) is 0 Å². The van der Waals surface area contributed by atoms with E-state index in [9.17, 15) is 9.18 Å². The number of hydrogen-bond donors (Lipinski definition) is 1. The molecule has 2 aliphatic heterocycles. The largest absolute Gasteiger partial charge is 0.371 e. The predicted molar refractivity (Wildman–Crippen MR) is 97.9 cm³/mol. The Balaban J connectivity index is 1.39. The predicted octanol–water partition coefficient (Wildman–Crippen LogP) is 2.49. The SMILES string of the molecule is O=C(NCc1ccccc1F)c1cc(N2CCC3(CC2)OCCO3)ccn1. The fourth-order valence-electron chi connectivity index (χ4n) is 3.54. The van der Waals surface area contributed by atoms with Gasteiger partial charge in [-0.1, -0.05) is 18.2 Å². The highest BCUT2D eigenvalue weighted by atomic mass is 19.1. The van der Waals surface area contributed by atoms with Crippen LogP contribution in [0.25, 0.3) is 0 Å². The zero-order valence-corrected chi connectivity index (χ0v) is 15.0. The molecule has 2 saturated heterocycles. The van der Waals surface area contributed by atoms with Crippen molar-refractivity contribution in [2.75, 3.05) is 31.2 Å². The summed E-state index contributed by atoms with van der Waals surface area (Å²) in [5.41, 5.74) is 1.70. The van der Waals surface area contributed by atoms with Crippen molar-refractivity contribution in [1.82, 2.24) is 10.3 Å². The lowest BCUT2D eigenvalue weighted by atomic mass is 10.0. The maximum Gasteiger partial charge on any atom is 0.270 e. The molecule has 1 aromatic heterocycles. The number of nitrogens with one attached hydrogen (secondary N) is 1. The molecule has 6 nitrogen and oxygen atoms in total. The summed E-state index contributed by atoms with van der Waals surface area (Å²) >= 11 is 0. The number of anilines is 1. The van der Waals surface area contributed by atoms with Crippen molar-refractivity contribution in [2.24, 2.45) is 0 Å². The van der Waals surface area contributed by atoms with Crippen molar-refractivity contribution in [3.05, 3.63) is 59.7 Å². The molecule has 1 spiro atoms. The van der Waals surface area contributed by atoms with Crippen LogP contribution < -0.4 is 10.2 Å². The van der Waals surface area contributed by atoms with Crippen molar-refractivity contribution >= 4 is 11.6 Å². The number of ether oxygens (including phenoxy) is 2. The molecule has 27 heavy (non-hydrogen) atoms. The van der Waals surface area contributed by atoms with Gasteiger partial charge < -0.3 is 19.7 Å². The van der Waals surface area contributed by atoms with Crippen LogP contribution in [0.2, 0.25) is 0 Å². The summed E-state index contributed by atoms with van der Waals surface area (Å²) in [5.74, 6) is -1.09. The number of amides is 1. The quantitative estimate of drug-likeness (QED) is 0.895. The van der Waals surface area contributed by atoms with Crippen LogP contribution in [0.5, 0.6) is 0 Å². The molecular weight excluding hydrogens is 349 g/mol. The molecule has 0 saturated carbocycles. The second kappa shape index (κ2) is 7.62. The summed E-state index contributed by atoms with van der Waals surface area (Å²) in [6, 6.07) is 10.0. The zero-order chi connectivity index (χ0) is 18.7. The van der Waals surface area contributed by atoms with E-state index in [1.165, 1.54) is 6.07 Å². The molecule has 0 unspecified atom stereocenters. The van der Waals surface area contributed by atoms with E-state index in [1.54, 1.807) is 30.5 Å². The third kappa shape index (κ3) is 3.94. The molecule has 0 radical (unpaired) electrons. The third-order valence-electron chi connectivity index (χ3n) is 5.08. The molecule has 7 heteroatoms. The van der Waals surface area contributed by atoms with Crippen LogP contribution in [0.4, 0.5) is 10.1 Å². The molecule has 142 valence electrons. The van der Waals surface area contributed by atoms with Crippen molar-refractivity contribution in [2.45, 2.75) is 25.2 Å². The number of carbonyl (C=O) groups excluding carboxylic acids is 1. The molecule has 2 fully saturated rings. The van der Waals surface area contributed by atoms with Crippen LogP contribution in [-0.4, -0.2) is 43.0 Å². The van der Waals surface area contributed by atoms with E-state index in [1.807, 2.05) is 6.07 Å². The number of piperidine rings is 1. The number of pyridine rings is 1. The first-order valence-corrected chi connectivity index (χ1v) is 9.16. The summed E-state index contributed by atoms with van der Waals surface area (Å²) in [6.45, 7) is 3.02. The standard InChI is InChI=1S/C20H22FN3O3/c21-17-4-2-1-3-15(17)14-23-19(25)18-13-16(5-8-22-18)24-9-6-20(7-10-24)26-11-12-27-20/h1-5,8,13H,6-7,9-12,14H2,(H,23,25). The normalized spacial score (nSPS) is 18.6. The fraction of sp³-hybridized carbons (Fsp3) is 0.400. The van der Waals surface area contributed by atoms with Gasteiger partial charge >= 0.3 is 0 Å². The Labute approximate surface area is 157 Å². The van der Waals surface area contributed by atoms with Crippen molar-refractivity contribution in [3.8, 4) is 0 Å². The van der Waals surface area contributed by atoms with Crippen LogP contribution in [-0.2, 0) is 16.0 Å². The zero-order valence-electron chi connectivity index (χ0n) is 15.0. The van der Waals surface area contributed by atoms with Crippen LogP contribution in [0.15, 0.2) is 42.6 Å². The van der Waals surface area contributed by atoms with Gasteiger partial charge in [-0.25, -0.2) is 4.39 Å². The minimum atomic E-state index is -0.427. The highest BCUT2D eigenvalue weighted by molar-refractivity contribution is 5.93. The molecule has 2 aliphatic rings. The van der Waals surface area contributed by atoms with Gasteiger partial charge in [0.1, 0.15) is 11.5 Å². The van der Waals surface area contributed by atoms with Gasteiger partial charge in [0.15, 0.2) is 5.79 Å². The van der Waals surface area contributed by atoms with Crippen molar-refractivity contribution in [3.63, 3.8) is 0 Å². The van der Waals surface area contributed by atoms with E-state index in [-0.39, 0.29) is 18.3 Å². The molecule has 0 atom stereocenters. The first-order valence-electron chi connectivity index (χ1n) is 9.16.